The minimum Gasteiger partial charge on any atom is -0.454 e. The van der Waals surface area contributed by atoms with Crippen molar-refractivity contribution in [3.63, 3.8) is 0 Å². The normalized spacial score (nSPS) is 19.4. The van der Waals surface area contributed by atoms with E-state index in [4.69, 9.17) is 14.2 Å². The van der Waals surface area contributed by atoms with E-state index in [1.165, 1.54) is 173 Å². The van der Waals surface area contributed by atoms with Crippen molar-refractivity contribution in [2.24, 2.45) is 0 Å². The second kappa shape index (κ2) is 54.0. The van der Waals surface area contributed by atoms with Crippen molar-refractivity contribution in [2.45, 2.75) is 333 Å². The van der Waals surface area contributed by atoms with Crippen LogP contribution in [0.15, 0.2) is 60.8 Å². The molecule has 1 heterocycles. The van der Waals surface area contributed by atoms with Gasteiger partial charge in [-0.2, -0.15) is 0 Å². The SMILES string of the molecule is CC/C=C/C=C/C=C\C=C/CCCCCC(=O)OC1C(OCC(NC(=O)C(O)CCCCCCCCCCCCCCCCCCCCCCCC)C(O)/C=C/CCCCCCCCCCCCC)OC(CO)C(O)C1O. The first-order valence-electron chi connectivity index (χ1n) is 32.1. The molecule has 1 saturated heterocycles. The van der Waals surface area contributed by atoms with Crippen LogP contribution in [0.3, 0.4) is 0 Å². The van der Waals surface area contributed by atoms with Gasteiger partial charge < -0.3 is 45.1 Å². The number of unbranched alkanes of at least 4 members (excludes halogenated alkanes) is 35. The summed E-state index contributed by atoms with van der Waals surface area (Å²) in [6.45, 7) is 5.65. The van der Waals surface area contributed by atoms with Gasteiger partial charge >= 0.3 is 5.97 Å². The first-order valence-corrected chi connectivity index (χ1v) is 32.1. The topological polar surface area (TPSA) is 175 Å². The molecule has 0 aliphatic carbocycles. The molecule has 8 unspecified atom stereocenters. The van der Waals surface area contributed by atoms with Gasteiger partial charge in [-0.05, 0) is 44.9 Å². The van der Waals surface area contributed by atoms with Gasteiger partial charge in [0, 0.05) is 6.42 Å². The van der Waals surface area contributed by atoms with E-state index in [9.17, 15) is 35.1 Å². The molecule has 8 atom stereocenters. The average molecular weight is 1090 g/mol. The van der Waals surface area contributed by atoms with E-state index < -0.39 is 67.4 Å². The summed E-state index contributed by atoms with van der Waals surface area (Å²) < 4.78 is 17.6. The highest BCUT2D eigenvalue weighted by Crippen LogP contribution is 2.26. The molecule has 1 amide bonds. The predicted molar refractivity (Wildman–Crippen MR) is 320 cm³/mol. The Balaban J connectivity index is 2.64. The Hall–Kier alpha value is -2.64. The molecule has 77 heavy (non-hydrogen) atoms. The van der Waals surface area contributed by atoms with E-state index >= 15 is 0 Å². The Bertz CT molecular complexity index is 1480. The monoisotopic (exact) mass is 1090 g/mol. The number of hydrogen-bond acceptors (Lipinski definition) is 10. The zero-order chi connectivity index (χ0) is 56.1. The van der Waals surface area contributed by atoms with Crippen molar-refractivity contribution < 1.29 is 49.3 Å². The molecule has 0 bridgehead atoms. The number of amides is 1. The maximum Gasteiger partial charge on any atom is 0.306 e. The molecule has 1 aliphatic rings. The number of aliphatic hydroxyl groups excluding tert-OH is 5. The number of nitrogens with one attached hydrogen (secondary N) is 1. The average Bonchev–Trinajstić information content (AvgIpc) is 3.43. The van der Waals surface area contributed by atoms with Crippen LogP contribution in [0.4, 0.5) is 0 Å². The summed E-state index contributed by atoms with van der Waals surface area (Å²) in [4.78, 5) is 26.5. The van der Waals surface area contributed by atoms with Crippen LogP contribution in [0, 0.1) is 0 Å². The minimum atomic E-state index is -1.63. The molecule has 0 aromatic rings. The van der Waals surface area contributed by atoms with Gasteiger partial charge in [0.2, 0.25) is 5.91 Å². The van der Waals surface area contributed by atoms with Crippen molar-refractivity contribution in [3.8, 4) is 0 Å². The van der Waals surface area contributed by atoms with E-state index in [-0.39, 0.29) is 13.0 Å². The Labute approximate surface area is 471 Å². The van der Waals surface area contributed by atoms with Crippen LogP contribution in [0.2, 0.25) is 0 Å². The Kier molecular flexibility index (Phi) is 50.7. The molecule has 1 fully saturated rings. The molecule has 0 saturated carbocycles. The number of ether oxygens (including phenoxy) is 3. The lowest BCUT2D eigenvalue weighted by Gasteiger charge is -2.41. The summed E-state index contributed by atoms with van der Waals surface area (Å²) in [5.74, 6) is -1.23. The number of esters is 1. The van der Waals surface area contributed by atoms with Crippen molar-refractivity contribution >= 4 is 11.9 Å². The van der Waals surface area contributed by atoms with Gasteiger partial charge in [0.15, 0.2) is 12.4 Å². The van der Waals surface area contributed by atoms with Gasteiger partial charge in [-0.25, -0.2) is 0 Å². The standard InChI is InChI=1S/C66H119NO10/c1-4-7-10-13-16-19-22-25-26-27-28-29-30-31-32-33-36-38-41-44-47-50-53-59(70)65(74)67-57(58(69)52-49-46-43-40-37-34-23-20-17-14-11-8-5-2)56-75-66-64(63(73)62(72)60(55-68)76-66)77-61(71)54-51-48-45-42-39-35-24-21-18-15-12-9-6-3/h9,12,15,18,21,24,35,39,49,52,57-60,62-64,66,68-70,72-73H,4-8,10-11,13-14,16-17,19-20,22-23,25-34,36-38,40-48,50-51,53-56H2,1-3H3,(H,67,74)/b12-9+,18-15+,24-21-,39-35-,52-49+. The number of rotatable bonds is 54. The molecular weight excluding hydrogens is 967 g/mol. The Morgan fingerprint density at radius 2 is 0.935 bits per heavy atom. The first-order chi connectivity index (χ1) is 37.7. The van der Waals surface area contributed by atoms with Crippen LogP contribution in [0.1, 0.15) is 284 Å². The Morgan fingerprint density at radius 3 is 1.40 bits per heavy atom. The van der Waals surface area contributed by atoms with Gasteiger partial charge in [-0.1, -0.05) is 293 Å². The highest BCUT2D eigenvalue weighted by atomic mass is 16.7. The zero-order valence-corrected chi connectivity index (χ0v) is 49.6. The van der Waals surface area contributed by atoms with Gasteiger partial charge in [-0.15, -0.1) is 0 Å². The summed E-state index contributed by atoms with van der Waals surface area (Å²) in [7, 11) is 0. The molecule has 11 nitrogen and oxygen atoms in total. The fraction of sp³-hybridized carbons (Fsp3) is 0.818. The van der Waals surface area contributed by atoms with Crippen LogP contribution >= 0.6 is 0 Å². The van der Waals surface area contributed by atoms with Gasteiger partial charge in [0.1, 0.15) is 24.4 Å². The first kappa shape index (κ1) is 72.4. The third kappa shape index (κ3) is 42.0. The fourth-order valence-corrected chi connectivity index (χ4v) is 9.96. The maximum atomic E-state index is 13.4. The minimum absolute atomic E-state index is 0.0773. The van der Waals surface area contributed by atoms with Crippen LogP contribution in [0.25, 0.3) is 0 Å². The zero-order valence-electron chi connectivity index (χ0n) is 49.6. The van der Waals surface area contributed by atoms with E-state index in [2.05, 4.69) is 38.2 Å². The van der Waals surface area contributed by atoms with Crippen molar-refractivity contribution in [1.82, 2.24) is 5.32 Å². The summed E-state index contributed by atoms with van der Waals surface area (Å²) in [5, 5.41) is 57.0. The summed E-state index contributed by atoms with van der Waals surface area (Å²) in [6, 6.07) is -1.03. The molecule has 0 aromatic heterocycles. The van der Waals surface area contributed by atoms with E-state index in [1.807, 2.05) is 42.5 Å². The van der Waals surface area contributed by atoms with Gasteiger partial charge in [-0.3, -0.25) is 9.59 Å². The lowest BCUT2D eigenvalue weighted by Crippen LogP contribution is -2.61. The number of allylic oxidation sites excluding steroid dienone is 9. The van der Waals surface area contributed by atoms with Crippen molar-refractivity contribution in [2.75, 3.05) is 13.2 Å². The molecule has 448 valence electrons. The predicted octanol–water partition coefficient (Wildman–Crippen LogP) is 15.4. The maximum absolute atomic E-state index is 13.4. The third-order valence-corrected chi connectivity index (χ3v) is 15.0. The number of carbonyl (C=O) groups excluding carboxylic acids is 2. The summed E-state index contributed by atoms with van der Waals surface area (Å²) >= 11 is 0. The van der Waals surface area contributed by atoms with Crippen LogP contribution in [-0.4, -0.2) is 99.6 Å². The Morgan fingerprint density at radius 1 is 0.519 bits per heavy atom. The quantitative estimate of drug-likeness (QED) is 0.0149. The largest absolute Gasteiger partial charge is 0.454 e. The number of hydrogen-bond donors (Lipinski definition) is 6. The second-order valence-corrected chi connectivity index (χ2v) is 22.2. The molecule has 0 aromatic carbocycles. The molecular formula is C66H119NO10. The molecule has 11 heteroatoms. The summed E-state index contributed by atoms with van der Waals surface area (Å²) in [5.41, 5.74) is 0. The second-order valence-electron chi connectivity index (χ2n) is 22.2. The van der Waals surface area contributed by atoms with Crippen molar-refractivity contribution in [1.29, 1.82) is 0 Å². The highest BCUT2D eigenvalue weighted by molar-refractivity contribution is 5.80. The van der Waals surface area contributed by atoms with Gasteiger partial charge in [0.25, 0.3) is 0 Å². The van der Waals surface area contributed by atoms with Crippen LogP contribution < -0.4 is 5.32 Å². The number of carbonyl (C=O) groups is 2. The molecule has 1 aliphatic heterocycles. The molecule has 6 N–H and O–H groups in total. The fourth-order valence-electron chi connectivity index (χ4n) is 9.96. The molecule has 0 radical (unpaired) electrons. The van der Waals surface area contributed by atoms with Crippen molar-refractivity contribution in [3.05, 3.63) is 60.8 Å². The van der Waals surface area contributed by atoms with E-state index in [1.54, 1.807) is 6.08 Å². The molecule has 0 spiro atoms. The van der Waals surface area contributed by atoms with Crippen LogP contribution in [0.5, 0.6) is 0 Å². The van der Waals surface area contributed by atoms with Gasteiger partial charge in [0.05, 0.1) is 25.4 Å². The molecule has 1 rings (SSSR count). The highest BCUT2D eigenvalue weighted by Gasteiger charge is 2.47. The lowest BCUT2D eigenvalue weighted by molar-refractivity contribution is -0.305. The van der Waals surface area contributed by atoms with Crippen LogP contribution in [-0.2, 0) is 23.8 Å². The number of aliphatic hydroxyl groups is 5. The third-order valence-electron chi connectivity index (χ3n) is 15.0. The van der Waals surface area contributed by atoms with E-state index in [0.717, 1.165) is 64.2 Å². The lowest BCUT2D eigenvalue weighted by atomic mass is 9.99. The smallest absolute Gasteiger partial charge is 0.306 e. The summed E-state index contributed by atoms with van der Waals surface area (Å²) in [6.07, 6.45) is 57.0. The van der Waals surface area contributed by atoms with E-state index in [0.29, 0.717) is 19.3 Å².